The van der Waals surface area contributed by atoms with Crippen molar-refractivity contribution in [3.8, 4) is 0 Å². The van der Waals surface area contributed by atoms with Gasteiger partial charge in [-0.25, -0.2) is 0 Å². The van der Waals surface area contributed by atoms with Crippen LogP contribution in [0.3, 0.4) is 0 Å². The van der Waals surface area contributed by atoms with Gasteiger partial charge in [0.25, 0.3) is 0 Å². The fraction of sp³-hybridized carbons (Fsp3) is 0.154. The maximum Gasteiger partial charge on any atom is 0.160 e. The van der Waals surface area contributed by atoms with Crippen LogP contribution < -0.4 is 0 Å². The Bertz CT molecular complexity index is 414. The number of carbonyl (C=O) groups excluding carboxylic acids is 1. The van der Waals surface area contributed by atoms with Crippen molar-refractivity contribution in [3.63, 3.8) is 0 Å². The van der Waals surface area contributed by atoms with Crippen molar-refractivity contribution in [3.05, 3.63) is 53.4 Å². The number of allylic oxidation sites excluding steroid dienone is 2. The molecule has 0 saturated carbocycles. The van der Waals surface area contributed by atoms with Crippen LogP contribution in [0.15, 0.2) is 47.9 Å². The summed E-state index contributed by atoms with van der Waals surface area (Å²) in [5.41, 5.74) is 7.71. The Morgan fingerprint density at radius 1 is 1.21 bits per heavy atom. The molecule has 14 heavy (non-hydrogen) atoms. The lowest BCUT2D eigenvalue weighted by molar-refractivity contribution is -0.112. The molecule has 0 saturated heterocycles. The SMILES string of the molecule is CC(=O)C=C=C=C(C)c1ccccc1. The van der Waals surface area contributed by atoms with E-state index >= 15 is 0 Å². The lowest BCUT2D eigenvalue weighted by Gasteiger charge is -1.94. The second-order valence-corrected chi connectivity index (χ2v) is 3.02. The second-order valence-electron chi connectivity index (χ2n) is 3.02. The molecule has 0 N–H and O–H groups in total. The molecule has 0 unspecified atom stereocenters. The fourth-order valence-corrected chi connectivity index (χ4v) is 1.01. The summed E-state index contributed by atoms with van der Waals surface area (Å²) >= 11 is 0. The van der Waals surface area contributed by atoms with Gasteiger partial charge in [-0.05, 0) is 19.4 Å². The highest BCUT2D eigenvalue weighted by molar-refractivity contribution is 5.87. The van der Waals surface area contributed by atoms with E-state index in [1.165, 1.54) is 13.0 Å². The topological polar surface area (TPSA) is 17.1 Å². The van der Waals surface area contributed by atoms with E-state index < -0.39 is 0 Å². The molecule has 0 radical (unpaired) electrons. The number of rotatable bonds is 2. The van der Waals surface area contributed by atoms with Gasteiger partial charge in [0, 0.05) is 11.6 Å². The normalized spacial score (nSPS) is 8.43. The van der Waals surface area contributed by atoms with Gasteiger partial charge in [-0.2, -0.15) is 0 Å². The van der Waals surface area contributed by atoms with Gasteiger partial charge in [-0.3, -0.25) is 4.79 Å². The number of hydrogen-bond donors (Lipinski definition) is 0. The molecule has 0 aromatic heterocycles. The molecule has 0 atom stereocenters. The van der Waals surface area contributed by atoms with Crippen LogP contribution in [-0.4, -0.2) is 5.78 Å². The predicted molar refractivity (Wildman–Crippen MR) is 57.8 cm³/mol. The van der Waals surface area contributed by atoms with Crippen LogP contribution in [-0.2, 0) is 4.79 Å². The highest BCUT2D eigenvalue weighted by atomic mass is 16.1. The molecule has 0 fully saturated rings. The molecule has 0 aliphatic heterocycles. The molecule has 1 aromatic rings. The highest BCUT2D eigenvalue weighted by Crippen LogP contribution is 2.10. The summed E-state index contributed by atoms with van der Waals surface area (Å²) in [6, 6.07) is 9.89. The quantitative estimate of drug-likeness (QED) is 0.510. The zero-order chi connectivity index (χ0) is 10.4. The summed E-state index contributed by atoms with van der Waals surface area (Å²) in [5.74, 6) is -0.0154. The first kappa shape index (κ1) is 10.3. The summed E-state index contributed by atoms with van der Waals surface area (Å²) < 4.78 is 0. The van der Waals surface area contributed by atoms with Gasteiger partial charge >= 0.3 is 0 Å². The smallest absolute Gasteiger partial charge is 0.160 e. The molecule has 0 amide bonds. The van der Waals surface area contributed by atoms with Crippen molar-refractivity contribution in [1.82, 2.24) is 0 Å². The van der Waals surface area contributed by atoms with Crippen LogP contribution in [0.5, 0.6) is 0 Å². The van der Waals surface area contributed by atoms with E-state index in [9.17, 15) is 4.79 Å². The van der Waals surface area contributed by atoms with Gasteiger partial charge in [-0.15, -0.1) is 0 Å². The summed E-state index contributed by atoms with van der Waals surface area (Å²) in [4.78, 5) is 10.6. The minimum atomic E-state index is -0.0154. The van der Waals surface area contributed by atoms with Crippen molar-refractivity contribution < 1.29 is 4.79 Å². The number of ketones is 1. The highest BCUT2D eigenvalue weighted by Gasteiger charge is 1.89. The lowest BCUT2D eigenvalue weighted by Crippen LogP contribution is -1.76. The standard InChI is InChI=1S/C13H12O/c1-11(7-6-8-12(2)14)13-9-4-3-5-10-13/h3-5,8-10H,1-2H3. The van der Waals surface area contributed by atoms with Crippen molar-refractivity contribution in [2.45, 2.75) is 13.8 Å². The van der Waals surface area contributed by atoms with E-state index in [1.54, 1.807) is 0 Å². The fourth-order valence-electron chi connectivity index (χ4n) is 1.01. The van der Waals surface area contributed by atoms with Gasteiger partial charge in [0.05, 0.1) is 0 Å². The summed E-state index contributed by atoms with van der Waals surface area (Å²) in [5, 5.41) is 0. The Morgan fingerprint density at radius 2 is 1.86 bits per heavy atom. The average Bonchev–Trinajstić information content (AvgIpc) is 2.18. The third-order valence-corrected chi connectivity index (χ3v) is 1.74. The minimum Gasteiger partial charge on any atom is -0.294 e. The Hall–Kier alpha value is -1.81. The summed E-state index contributed by atoms with van der Waals surface area (Å²) in [6.07, 6.45) is 1.38. The van der Waals surface area contributed by atoms with E-state index in [0.717, 1.165) is 11.1 Å². The van der Waals surface area contributed by atoms with Gasteiger partial charge in [0.1, 0.15) is 0 Å². The van der Waals surface area contributed by atoms with Crippen LogP contribution in [0.4, 0.5) is 0 Å². The summed E-state index contributed by atoms with van der Waals surface area (Å²) in [6.45, 7) is 3.43. The zero-order valence-electron chi connectivity index (χ0n) is 8.37. The maximum absolute atomic E-state index is 10.6. The van der Waals surface area contributed by atoms with E-state index in [2.05, 4.69) is 11.5 Å². The number of hydrogen-bond acceptors (Lipinski definition) is 1. The average molecular weight is 184 g/mol. The third kappa shape index (κ3) is 3.28. The first-order chi connectivity index (χ1) is 6.70. The van der Waals surface area contributed by atoms with Crippen LogP contribution in [0.1, 0.15) is 19.4 Å². The minimum absolute atomic E-state index is 0.0154. The Balaban J connectivity index is 3.02. The zero-order valence-corrected chi connectivity index (χ0v) is 8.37. The first-order valence-corrected chi connectivity index (χ1v) is 4.44. The predicted octanol–water partition coefficient (Wildman–Crippen LogP) is 2.99. The maximum atomic E-state index is 10.6. The van der Waals surface area contributed by atoms with E-state index in [-0.39, 0.29) is 5.78 Å². The van der Waals surface area contributed by atoms with Crippen molar-refractivity contribution in [2.75, 3.05) is 0 Å². The van der Waals surface area contributed by atoms with Gasteiger partial charge < -0.3 is 0 Å². The van der Waals surface area contributed by atoms with Crippen LogP contribution >= 0.6 is 0 Å². The molecular weight excluding hydrogens is 172 g/mol. The Morgan fingerprint density at radius 3 is 2.43 bits per heavy atom. The Labute approximate surface area is 84.1 Å². The van der Waals surface area contributed by atoms with E-state index in [4.69, 9.17) is 0 Å². The van der Waals surface area contributed by atoms with Crippen molar-refractivity contribution >= 4 is 11.4 Å². The van der Waals surface area contributed by atoms with E-state index in [1.807, 2.05) is 37.3 Å². The largest absolute Gasteiger partial charge is 0.294 e. The number of carbonyl (C=O) groups is 1. The summed E-state index contributed by atoms with van der Waals surface area (Å²) in [7, 11) is 0. The monoisotopic (exact) mass is 184 g/mol. The van der Waals surface area contributed by atoms with Crippen molar-refractivity contribution in [1.29, 1.82) is 0 Å². The molecule has 1 aromatic carbocycles. The molecule has 1 heteroatoms. The van der Waals surface area contributed by atoms with Crippen LogP contribution in [0.2, 0.25) is 0 Å². The van der Waals surface area contributed by atoms with Gasteiger partial charge in [0.15, 0.2) is 5.78 Å². The molecule has 1 nitrogen and oxygen atoms in total. The molecule has 0 bridgehead atoms. The lowest BCUT2D eigenvalue weighted by atomic mass is 10.1. The van der Waals surface area contributed by atoms with Crippen LogP contribution in [0, 0.1) is 0 Å². The molecule has 0 aliphatic rings. The van der Waals surface area contributed by atoms with E-state index in [0.29, 0.717) is 0 Å². The van der Waals surface area contributed by atoms with Gasteiger partial charge in [0.2, 0.25) is 0 Å². The molecular formula is C13H12O. The second kappa shape index (κ2) is 5.04. The van der Waals surface area contributed by atoms with Crippen molar-refractivity contribution in [2.24, 2.45) is 0 Å². The molecule has 0 spiro atoms. The third-order valence-electron chi connectivity index (χ3n) is 1.74. The van der Waals surface area contributed by atoms with Crippen LogP contribution in [0.25, 0.3) is 5.57 Å². The van der Waals surface area contributed by atoms with Gasteiger partial charge in [-0.1, -0.05) is 41.8 Å². The molecule has 0 aliphatic carbocycles. The number of benzene rings is 1. The molecule has 1 rings (SSSR count). The molecule has 70 valence electrons. The Kier molecular flexibility index (Phi) is 3.69. The first-order valence-electron chi connectivity index (χ1n) is 4.44. The molecule has 0 heterocycles.